The highest BCUT2D eigenvalue weighted by Crippen LogP contribution is 2.00. The first-order chi connectivity index (χ1) is 5.97. The van der Waals surface area contributed by atoms with Gasteiger partial charge in [0, 0.05) is 25.6 Å². The summed E-state index contributed by atoms with van der Waals surface area (Å²) in [5, 5.41) is 0. The van der Waals surface area contributed by atoms with Crippen LogP contribution in [0.25, 0.3) is 0 Å². The van der Waals surface area contributed by atoms with Crippen molar-refractivity contribution in [2.45, 2.75) is 33.2 Å². The molecule has 3 nitrogen and oxygen atoms in total. The van der Waals surface area contributed by atoms with E-state index in [1.54, 1.807) is 4.90 Å². The van der Waals surface area contributed by atoms with E-state index in [9.17, 15) is 4.79 Å². The maximum atomic E-state index is 11.5. The summed E-state index contributed by atoms with van der Waals surface area (Å²) in [5.74, 6) is 0.112. The molecule has 0 spiro atoms. The van der Waals surface area contributed by atoms with E-state index in [4.69, 9.17) is 5.73 Å². The third-order valence-corrected chi connectivity index (χ3v) is 1.69. The van der Waals surface area contributed by atoms with Crippen LogP contribution in [0.4, 0.5) is 0 Å². The van der Waals surface area contributed by atoms with Crippen LogP contribution in [0.15, 0.2) is 12.2 Å². The molecule has 1 unspecified atom stereocenters. The summed E-state index contributed by atoms with van der Waals surface area (Å²) >= 11 is 0. The fraction of sp³-hybridized carbons (Fsp3) is 0.700. The normalized spacial score (nSPS) is 12.3. The number of hydrogen-bond donors (Lipinski definition) is 1. The number of hydrogen-bond acceptors (Lipinski definition) is 2. The van der Waals surface area contributed by atoms with E-state index in [0.29, 0.717) is 13.0 Å². The van der Waals surface area contributed by atoms with Crippen molar-refractivity contribution in [1.29, 1.82) is 0 Å². The molecule has 13 heavy (non-hydrogen) atoms. The van der Waals surface area contributed by atoms with Crippen molar-refractivity contribution >= 4 is 5.91 Å². The lowest BCUT2D eigenvalue weighted by Crippen LogP contribution is -2.35. The van der Waals surface area contributed by atoms with Crippen LogP contribution in [0.5, 0.6) is 0 Å². The number of rotatable bonds is 5. The van der Waals surface area contributed by atoms with Gasteiger partial charge in [0.15, 0.2) is 0 Å². The molecule has 3 heteroatoms. The van der Waals surface area contributed by atoms with Gasteiger partial charge in [-0.05, 0) is 20.8 Å². The van der Waals surface area contributed by atoms with Gasteiger partial charge in [0.05, 0.1) is 0 Å². The molecule has 0 aromatic carbocycles. The molecule has 1 amide bonds. The van der Waals surface area contributed by atoms with Crippen LogP contribution in [0.1, 0.15) is 27.2 Å². The smallest absolute Gasteiger partial charge is 0.224 e. The lowest BCUT2D eigenvalue weighted by molar-refractivity contribution is -0.130. The summed E-state index contributed by atoms with van der Waals surface area (Å²) in [6, 6.07) is -0.0633. The number of likely N-dealkylation sites (N-methyl/N-ethyl adjacent to an activating group) is 1. The number of carbonyl (C=O) groups excluding carboxylic acids is 1. The van der Waals surface area contributed by atoms with Crippen molar-refractivity contribution in [3.8, 4) is 0 Å². The molecule has 0 rings (SSSR count). The summed E-state index contributed by atoms with van der Waals surface area (Å²) < 4.78 is 0. The Morgan fingerprint density at radius 2 is 2.15 bits per heavy atom. The van der Waals surface area contributed by atoms with Crippen molar-refractivity contribution in [3.63, 3.8) is 0 Å². The standard InChI is InChI=1S/C10H20N2O/c1-5-12(7-8(2)3)10(13)6-9(4)11/h9H,2,5-7,11H2,1,3-4H3. The average Bonchev–Trinajstić information content (AvgIpc) is 1.98. The maximum absolute atomic E-state index is 11.5. The van der Waals surface area contributed by atoms with Gasteiger partial charge in [-0.1, -0.05) is 12.2 Å². The Bertz CT molecular complexity index is 187. The quantitative estimate of drug-likeness (QED) is 0.651. The minimum Gasteiger partial charge on any atom is -0.339 e. The Morgan fingerprint density at radius 1 is 1.62 bits per heavy atom. The molecule has 76 valence electrons. The summed E-state index contributed by atoms with van der Waals surface area (Å²) in [7, 11) is 0. The molecule has 0 aromatic rings. The monoisotopic (exact) mass is 184 g/mol. The minimum absolute atomic E-state index is 0.0633. The number of amides is 1. The molecule has 0 aliphatic carbocycles. The van der Waals surface area contributed by atoms with E-state index >= 15 is 0 Å². The number of nitrogens with zero attached hydrogens (tertiary/aromatic N) is 1. The first-order valence-electron chi connectivity index (χ1n) is 4.65. The van der Waals surface area contributed by atoms with E-state index in [-0.39, 0.29) is 11.9 Å². The SMILES string of the molecule is C=C(C)CN(CC)C(=O)CC(C)N. The van der Waals surface area contributed by atoms with Crippen LogP contribution < -0.4 is 5.73 Å². The molecular formula is C10H20N2O. The van der Waals surface area contributed by atoms with Crippen LogP contribution in [0.3, 0.4) is 0 Å². The van der Waals surface area contributed by atoms with Crippen LogP contribution in [0.2, 0.25) is 0 Å². The lowest BCUT2D eigenvalue weighted by Gasteiger charge is -2.21. The Labute approximate surface area is 80.6 Å². The zero-order chi connectivity index (χ0) is 10.4. The van der Waals surface area contributed by atoms with Crippen molar-refractivity contribution in [2.24, 2.45) is 5.73 Å². The highest BCUT2D eigenvalue weighted by atomic mass is 16.2. The van der Waals surface area contributed by atoms with Gasteiger partial charge in [0.25, 0.3) is 0 Å². The van der Waals surface area contributed by atoms with E-state index in [2.05, 4.69) is 6.58 Å². The molecule has 0 aliphatic rings. The predicted octanol–water partition coefficient (Wildman–Crippen LogP) is 1.15. The molecule has 0 radical (unpaired) electrons. The first-order valence-corrected chi connectivity index (χ1v) is 4.65. The number of carbonyl (C=O) groups is 1. The van der Waals surface area contributed by atoms with Crippen LogP contribution >= 0.6 is 0 Å². The largest absolute Gasteiger partial charge is 0.339 e. The zero-order valence-electron chi connectivity index (χ0n) is 8.84. The Balaban J connectivity index is 4.07. The summed E-state index contributed by atoms with van der Waals surface area (Å²) in [4.78, 5) is 13.3. The molecule has 0 aromatic heterocycles. The van der Waals surface area contributed by atoms with E-state index < -0.39 is 0 Å². The molecule has 0 bridgehead atoms. The van der Waals surface area contributed by atoms with Crippen LogP contribution in [0, 0.1) is 0 Å². The highest BCUT2D eigenvalue weighted by molar-refractivity contribution is 5.76. The zero-order valence-corrected chi connectivity index (χ0v) is 8.84. The fourth-order valence-electron chi connectivity index (χ4n) is 1.11. The minimum atomic E-state index is -0.0633. The van der Waals surface area contributed by atoms with Gasteiger partial charge in [-0.3, -0.25) is 4.79 Å². The van der Waals surface area contributed by atoms with Gasteiger partial charge in [-0.25, -0.2) is 0 Å². The predicted molar refractivity (Wildman–Crippen MR) is 55.3 cm³/mol. The van der Waals surface area contributed by atoms with Crippen molar-refractivity contribution < 1.29 is 4.79 Å². The molecule has 0 saturated heterocycles. The van der Waals surface area contributed by atoms with Crippen LogP contribution in [-0.4, -0.2) is 29.9 Å². The maximum Gasteiger partial charge on any atom is 0.224 e. The summed E-state index contributed by atoms with van der Waals surface area (Å²) in [5.41, 5.74) is 6.55. The van der Waals surface area contributed by atoms with Gasteiger partial charge in [0.2, 0.25) is 5.91 Å². The Hall–Kier alpha value is -0.830. The molecule has 0 heterocycles. The second-order valence-corrected chi connectivity index (χ2v) is 3.55. The molecule has 1 atom stereocenters. The molecule has 0 fully saturated rings. The van der Waals surface area contributed by atoms with Crippen molar-refractivity contribution in [2.75, 3.05) is 13.1 Å². The van der Waals surface area contributed by atoms with Crippen molar-refractivity contribution in [3.05, 3.63) is 12.2 Å². The van der Waals surface area contributed by atoms with Gasteiger partial charge in [-0.2, -0.15) is 0 Å². The molecular weight excluding hydrogens is 164 g/mol. The average molecular weight is 184 g/mol. The Kier molecular flexibility index (Phi) is 5.39. The lowest BCUT2D eigenvalue weighted by atomic mass is 10.2. The Morgan fingerprint density at radius 3 is 2.46 bits per heavy atom. The van der Waals surface area contributed by atoms with Crippen molar-refractivity contribution in [1.82, 2.24) is 4.90 Å². The summed E-state index contributed by atoms with van der Waals surface area (Å²) in [6.45, 7) is 10.9. The van der Waals surface area contributed by atoms with Gasteiger partial charge in [0.1, 0.15) is 0 Å². The topological polar surface area (TPSA) is 46.3 Å². The second-order valence-electron chi connectivity index (χ2n) is 3.55. The highest BCUT2D eigenvalue weighted by Gasteiger charge is 2.12. The molecule has 2 N–H and O–H groups in total. The fourth-order valence-corrected chi connectivity index (χ4v) is 1.11. The first kappa shape index (κ1) is 12.2. The van der Waals surface area contributed by atoms with E-state index in [1.807, 2.05) is 20.8 Å². The number of nitrogens with two attached hydrogens (primary N) is 1. The van der Waals surface area contributed by atoms with Gasteiger partial charge < -0.3 is 10.6 Å². The third kappa shape index (κ3) is 5.42. The van der Waals surface area contributed by atoms with E-state index in [1.165, 1.54) is 0 Å². The van der Waals surface area contributed by atoms with Crippen LogP contribution in [-0.2, 0) is 4.79 Å². The summed E-state index contributed by atoms with van der Waals surface area (Å²) in [6.07, 6.45) is 0.418. The molecule has 0 aliphatic heterocycles. The van der Waals surface area contributed by atoms with E-state index in [0.717, 1.165) is 12.1 Å². The third-order valence-electron chi connectivity index (χ3n) is 1.69. The van der Waals surface area contributed by atoms with Gasteiger partial charge >= 0.3 is 0 Å². The molecule has 0 saturated carbocycles. The second kappa shape index (κ2) is 5.75. The van der Waals surface area contributed by atoms with Gasteiger partial charge in [-0.15, -0.1) is 0 Å².